The predicted molar refractivity (Wildman–Crippen MR) is 129 cm³/mol. The van der Waals surface area contributed by atoms with Crippen molar-refractivity contribution >= 4 is 51.6 Å². The van der Waals surface area contributed by atoms with Crippen molar-refractivity contribution in [2.75, 3.05) is 13.2 Å². The molecule has 158 valence electrons. The molecule has 0 atom stereocenters. The quantitative estimate of drug-likeness (QED) is 0.307. The second-order valence-corrected chi connectivity index (χ2v) is 9.48. The molecule has 1 aliphatic heterocycles. The van der Waals surface area contributed by atoms with E-state index in [4.69, 9.17) is 9.47 Å². The van der Waals surface area contributed by atoms with Gasteiger partial charge in [0.25, 0.3) is 11.1 Å². The van der Waals surface area contributed by atoms with Crippen molar-refractivity contribution < 1.29 is 19.1 Å². The molecule has 1 fully saturated rings. The third-order valence-electron chi connectivity index (χ3n) is 4.27. The second kappa shape index (κ2) is 10.3. The van der Waals surface area contributed by atoms with Crippen LogP contribution in [0, 0.1) is 9.49 Å². The number of halogens is 1. The van der Waals surface area contributed by atoms with E-state index in [1.54, 1.807) is 6.08 Å². The van der Waals surface area contributed by atoms with Gasteiger partial charge in [-0.25, -0.2) is 0 Å². The number of ether oxygens (including phenoxy) is 2. The Kier molecular flexibility index (Phi) is 7.82. The van der Waals surface area contributed by atoms with Gasteiger partial charge in [-0.15, -0.1) is 0 Å². The Morgan fingerprint density at radius 3 is 2.47 bits per heavy atom. The van der Waals surface area contributed by atoms with Gasteiger partial charge in [-0.3, -0.25) is 14.5 Å². The van der Waals surface area contributed by atoms with E-state index < -0.39 is 0 Å². The minimum atomic E-state index is -0.276. The molecule has 0 aromatic heterocycles. The van der Waals surface area contributed by atoms with Crippen LogP contribution in [0.15, 0.2) is 47.4 Å². The van der Waals surface area contributed by atoms with Gasteiger partial charge < -0.3 is 9.47 Å². The molecule has 0 spiro atoms. The molecule has 0 aliphatic carbocycles. The molecule has 5 nitrogen and oxygen atoms in total. The fourth-order valence-corrected chi connectivity index (χ4v) is 4.02. The fraction of sp³-hybridized carbons (Fsp3) is 0.304. The topological polar surface area (TPSA) is 55.8 Å². The first kappa shape index (κ1) is 22.7. The van der Waals surface area contributed by atoms with E-state index in [2.05, 4.69) is 36.4 Å². The van der Waals surface area contributed by atoms with Crippen LogP contribution in [0.4, 0.5) is 4.79 Å². The van der Waals surface area contributed by atoms with Gasteiger partial charge in [-0.05, 0) is 88.7 Å². The van der Waals surface area contributed by atoms with Crippen molar-refractivity contribution in [1.29, 1.82) is 0 Å². The van der Waals surface area contributed by atoms with Crippen LogP contribution >= 0.6 is 34.4 Å². The maximum absolute atomic E-state index is 12.8. The van der Waals surface area contributed by atoms with Crippen molar-refractivity contribution in [3.63, 3.8) is 0 Å². The van der Waals surface area contributed by atoms with Crippen molar-refractivity contribution in [3.8, 4) is 11.5 Å². The molecule has 0 unspecified atom stereocenters. The number of hydrogen-bond acceptors (Lipinski definition) is 5. The maximum atomic E-state index is 12.8. The highest BCUT2D eigenvalue weighted by Crippen LogP contribution is 2.35. The molecule has 0 bridgehead atoms. The second-order valence-electron chi connectivity index (χ2n) is 7.24. The zero-order valence-electron chi connectivity index (χ0n) is 17.2. The van der Waals surface area contributed by atoms with E-state index in [0.29, 0.717) is 35.5 Å². The number of thioether (sulfide) groups is 1. The van der Waals surface area contributed by atoms with Gasteiger partial charge in [0.15, 0.2) is 11.5 Å². The molecule has 0 radical (unpaired) electrons. The van der Waals surface area contributed by atoms with Gasteiger partial charge >= 0.3 is 0 Å². The van der Waals surface area contributed by atoms with Crippen molar-refractivity contribution in [3.05, 3.63) is 62.1 Å². The zero-order valence-corrected chi connectivity index (χ0v) is 20.2. The summed E-state index contributed by atoms with van der Waals surface area (Å²) in [5.41, 5.74) is 1.71. The lowest BCUT2D eigenvalue weighted by Crippen LogP contribution is -2.27. The van der Waals surface area contributed by atoms with Gasteiger partial charge in [-0.1, -0.05) is 32.0 Å². The van der Waals surface area contributed by atoms with Gasteiger partial charge in [0.05, 0.1) is 24.7 Å². The third-order valence-corrected chi connectivity index (χ3v) is 5.89. The fourth-order valence-electron chi connectivity index (χ4n) is 2.82. The first-order chi connectivity index (χ1) is 14.4. The molecule has 0 N–H and O–H groups in total. The molecular weight excluding hydrogens is 513 g/mol. The highest BCUT2D eigenvalue weighted by Gasteiger charge is 2.35. The highest BCUT2D eigenvalue weighted by atomic mass is 127. The smallest absolute Gasteiger partial charge is 0.293 e. The summed E-state index contributed by atoms with van der Waals surface area (Å²) in [7, 11) is 0. The standard InChI is InChI=1S/C23H24INO4S/c1-4-28-20-11-17(7-10-19(20)29-14-15(2)3)12-21-22(26)25(23(27)30-21)13-16-5-8-18(24)9-6-16/h5-12,15H,4,13-14H2,1-3H3/b21-12-. The summed E-state index contributed by atoms with van der Waals surface area (Å²) in [5.74, 6) is 1.43. The summed E-state index contributed by atoms with van der Waals surface area (Å²) < 4.78 is 12.6. The maximum Gasteiger partial charge on any atom is 0.293 e. The Hall–Kier alpha value is -2.00. The molecule has 30 heavy (non-hydrogen) atoms. The van der Waals surface area contributed by atoms with Crippen LogP contribution in [0.3, 0.4) is 0 Å². The summed E-state index contributed by atoms with van der Waals surface area (Å²) in [4.78, 5) is 26.9. The average Bonchev–Trinajstić information content (AvgIpc) is 2.96. The molecule has 1 saturated heterocycles. The zero-order chi connectivity index (χ0) is 21.7. The monoisotopic (exact) mass is 537 g/mol. The molecule has 0 saturated carbocycles. The lowest BCUT2D eigenvalue weighted by Gasteiger charge is -2.14. The van der Waals surface area contributed by atoms with Gasteiger partial charge in [0, 0.05) is 3.57 Å². The molecule has 1 heterocycles. The summed E-state index contributed by atoms with van der Waals surface area (Å²) in [5, 5.41) is -0.258. The normalized spacial score (nSPS) is 15.4. The summed E-state index contributed by atoms with van der Waals surface area (Å²) >= 11 is 3.19. The number of imide groups is 1. The van der Waals surface area contributed by atoms with Crippen LogP contribution < -0.4 is 9.47 Å². The Labute approximate surface area is 195 Å². The average molecular weight is 537 g/mol. The summed E-state index contributed by atoms with van der Waals surface area (Å²) in [6.07, 6.45) is 1.73. The molecule has 7 heteroatoms. The highest BCUT2D eigenvalue weighted by molar-refractivity contribution is 14.1. The first-order valence-corrected chi connectivity index (χ1v) is 11.7. The lowest BCUT2D eigenvalue weighted by molar-refractivity contribution is -0.123. The van der Waals surface area contributed by atoms with E-state index >= 15 is 0 Å². The van der Waals surface area contributed by atoms with Crippen LogP contribution in [0.5, 0.6) is 11.5 Å². The number of hydrogen-bond donors (Lipinski definition) is 0. The summed E-state index contributed by atoms with van der Waals surface area (Å²) in [6.45, 7) is 7.45. The molecule has 2 amide bonds. The number of amides is 2. The SMILES string of the molecule is CCOc1cc(/C=C2\SC(=O)N(Cc3ccc(I)cc3)C2=O)ccc1OCC(C)C. The number of carbonyl (C=O) groups is 2. The minimum Gasteiger partial charge on any atom is -0.490 e. The number of benzene rings is 2. The van der Waals surface area contributed by atoms with Crippen molar-refractivity contribution in [2.45, 2.75) is 27.3 Å². The van der Waals surface area contributed by atoms with E-state index in [1.807, 2.05) is 49.4 Å². The Morgan fingerprint density at radius 2 is 1.80 bits per heavy atom. The van der Waals surface area contributed by atoms with Crippen LogP contribution in [0.25, 0.3) is 6.08 Å². The first-order valence-electron chi connectivity index (χ1n) is 9.76. The van der Waals surface area contributed by atoms with Crippen LogP contribution in [-0.4, -0.2) is 29.3 Å². The lowest BCUT2D eigenvalue weighted by atomic mass is 10.1. The Balaban J connectivity index is 1.78. The van der Waals surface area contributed by atoms with Crippen LogP contribution in [0.2, 0.25) is 0 Å². The number of rotatable bonds is 8. The van der Waals surface area contributed by atoms with Crippen molar-refractivity contribution in [1.82, 2.24) is 4.90 Å². The molecule has 2 aromatic carbocycles. The van der Waals surface area contributed by atoms with E-state index in [1.165, 1.54) is 4.90 Å². The van der Waals surface area contributed by atoms with E-state index in [0.717, 1.165) is 26.5 Å². The number of nitrogens with zero attached hydrogens (tertiary/aromatic N) is 1. The Bertz CT molecular complexity index is 956. The van der Waals surface area contributed by atoms with Gasteiger partial charge in [-0.2, -0.15) is 0 Å². The molecular formula is C23H24INO4S. The molecule has 2 aromatic rings. The molecule has 3 rings (SSSR count). The van der Waals surface area contributed by atoms with Crippen molar-refractivity contribution in [2.24, 2.45) is 5.92 Å². The number of carbonyl (C=O) groups excluding carboxylic acids is 2. The predicted octanol–water partition coefficient (Wildman–Crippen LogP) is 5.96. The molecule has 1 aliphatic rings. The largest absolute Gasteiger partial charge is 0.490 e. The van der Waals surface area contributed by atoms with E-state index in [-0.39, 0.29) is 17.7 Å². The van der Waals surface area contributed by atoms with Crippen LogP contribution in [-0.2, 0) is 11.3 Å². The Morgan fingerprint density at radius 1 is 1.07 bits per heavy atom. The van der Waals surface area contributed by atoms with Gasteiger partial charge in [0.2, 0.25) is 0 Å². The minimum absolute atomic E-state index is 0.258. The summed E-state index contributed by atoms with van der Waals surface area (Å²) in [6, 6.07) is 13.3. The van der Waals surface area contributed by atoms with E-state index in [9.17, 15) is 9.59 Å². The van der Waals surface area contributed by atoms with Gasteiger partial charge in [0.1, 0.15) is 0 Å². The third kappa shape index (κ3) is 5.78. The van der Waals surface area contributed by atoms with Crippen LogP contribution in [0.1, 0.15) is 31.9 Å².